The minimum atomic E-state index is -0.180. The van der Waals surface area contributed by atoms with Gasteiger partial charge in [-0.1, -0.05) is 11.6 Å². The van der Waals surface area contributed by atoms with Crippen molar-refractivity contribution in [3.05, 3.63) is 87.6 Å². The Morgan fingerprint density at radius 2 is 1.58 bits per heavy atom. The molecule has 1 amide bonds. The average molecular weight is 533 g/mol. The molecule has 0 unspecified atom stereocenters. The number of hydrogen-bond acceptors (Lipinski definition) is 5. The Morgan fingerprint density at radius 3 is 2.24 bits per heavy atom. The summed E-state index contributed by atoms with van der Waals surface area (Å²) in [6, 6.07) is 16.3. The summed E-state index contributed by atoms with van der Waals surface area (Å²) in [5, 5.41) is 1.38. The molecule has 4 aromatic rings. The fourth-order valence-electron chi connectivity index (χ4n) is 5.15. The second kappa shape index (κ2) is 10.4. The number of amides is 1. The Labute approximate surface area is 226 Å². The van der Waals surface area contributed by atoms with Gasteiger partial charge in [-0.05, 0) is 84.6 Å². The van der Waals surface area contributed by atoms with Gasteiger partial charge in [0.1, 0.15) is 5.75 Å². The lowest BCUT2D eigenvalue weighted by molar-refractivity contribution is -0.131. The summed E-state index contributed by atoms with van der Waals surface area (Å²) in [6.45, 7) is 2.97. The third-order valence-electron chi connectivity index (χ3n) is 7.23. The first-order valence-corrected chi connectivity index (χ1v) is 12.7. The molecule has 7 nitrogen and oxygen atoms in total. The van der Waals surface area contributed by atoms with Crippen LogP contribution in [0, 0.1) is 6.92 Å². The van der Waals surface area contributed by atoms with E-state index < -0.39 is 0 Å². The number of carbonyl (C=O) groups is 2. The normalized spacial score (nSPS) is 12.8. The quantitative estimate of drug-likeness (QED) is 0.330. The predicted octanol–water partition coefficient (Wildman–Crippen LogP) is 5.44. The molecule has 1 aliphatic rings. The van der Waals surface area contributed by atoms with Gasteiger partial charge in [0.15, 0.2) is 11.5 Å². The van der Waals surface area contributed by atoms with Crippen LogP contribution in [-0.2, 0) is 24.2 Å². The summed E-state index contributed by atoms with van der Waals surface area (Å²) in [5.41, 5.74) is 4.97. The van der Waals surface area contributed by atoms with Crippen LogP contribution >= 0.6 is 11.6 Å². The fraction of sp³-hybridized carbons (Fsp3) is 0.267. The van der Waals surface area contributed by atoms with Crippen LogP contribution < -0.4 is 14.2 Å². The van der Waals surface area contributed by atoms with Gasteiger partial charge in [0.25, 0.3) is 5.91 Å². The smallest absolute Gasteiger partial charge is 0.262 e. The fourth-order valence-corrected chi connectivity index (χ4v) is 5.28. The van der Waals surface area contributed by atoms with Crippen molar-refractivity contribution >= 4 is 34.3 Å². The number of rotatable bonds is 6. The zero-order valence-electron chi connectivity index (χ0n) is 21.8. The van der Waals surface area contributed by atoms with Gasteiger partial charge in [-0.2, -0.15) is 0 Å². The summed E-state index contributed by atoms with van der Waals surface area (Å²) >= 11 is 6.03. The molecule has 0 saturated heterocycles. The van der Waals surface area contributed by atoms with Crippen LogP contribution in [0.3, 0.4) is 0 Å². The Bertz CT molecular complexity index is 1540. The molecular weight excluding hydrogens is 504 g/mol. The number of benzene rings is 3. The number of fused-ring (bicyclic) bond motifs is 2. The summed E-state index contributed by atoms with van der Waals surface area (Å²) < 4.78 is 18.0. The molecule has 0 spiro atoms. The third-order valence-corrected chi connectivity index (χ3v) is 7.49. The monoisotopic (exact) mass is 532 g/mol. The van der Waals surface area contributed by atoms with Crippen molar-refractivity contribution in [2.45, 2.75) is 26.3 Å². The minimum Gasteiger partial charge on any atom is -0.497 e. The molecule has 8 heteroatoms. The SMILES string of the molecule is COc1ccc2c(c1)c(CC(=O)N1CCc3cc(OC)c(OC)cc3C1)c(C)n2C(=O)c1ccc(Cl)cc1. The molecule has 196 valence electrons. The van der Waals surface area contributed by atoms with Crippen molar-refractivity contribution in [2.75, 3.05) is 27.9 Å². The number of aromatic nitrogens is 1. The molecule has 2 heterocycles. The van der Waals surface area contributed by atoms with E-state index in [0.717, 1.165) is 39.7 Å². The molecule has 0 aliphatic carbocycles. The van der Waals surface area contributed by atoms with Gasteiger partial charge < -0.3 is 19.1 Å². The van der Waals surface area contributed by atoms with Crippen molar-refractivity contribution in [3.63, 3.8) is 0 Å². The summed E-state index contributed by atoms with van der Waals surface area (Å²) in [7, 11) is 4.83. The van der Waals surface area contributed by atoms with E-state index in [1.807, 2.05) is 42.2 Å². The van der Waals surface area contributed by atoms with E-state index in [-0.39, 0.29) is 18.2 Å². The number of halogens is 1. The van der Waals surface area contributed by atoms with Crippen molar-refractivity contribution < 1.29 is 23.8 Å². The number of hydrogen-bond donors (Lipinski definition) is 0. The van der Waals surface area contributed by atoms with Crippen LogP contribution in [0.4, 0.5) is 0 Å². The lowest BCUT2D eigenvalue weighted by Gasteiger charge is -2.30. The first-order valence-electron chi connectivity index (χ1n) is 12.3. The molecule has 0 fully saturated rings. The number of methoxy groups -OCH3 is 3. The highest BCUT2D eigenvalue weighted by atomic mass is 35.5. The van der Waals surface area contributed by atoms with Crippen molar-refractivity contribution in [2.24, 2.45) is 0 Å². The maximum Gasteiger partial charge on any atom is 0.262 e. The lowest BCUT2D eigenvalue weighted by atomic mass is 9.98. The standard InChI is InChI=1S/C30H29ClN2O5/c1-18-24(16-29(34)32-12-11-20-13-27(37-3)28(38-4)14-21(20)17-32)25-15-23(36-2)9-10-26(25)33(18)30(35)19-5-7-22(31)8-6-19/h5-10,13-15H,11-12,16-17H2,1-4H3. The van der Waals surface area contributed by atoms with E-state index >= 15 is 0 Å². The topological polar surface area (TPSA) is 70.0 Å². The zero-order valence-corrected chi connectivity index (χ0v) is 22.6. The second-order valence-corrected chi connectivity index (χ2v) is 9.75. The summed E-state index contributed by atoms with van der Waals surface area (Å²) in [4.78, 5) is 29.0. The predicted molar refractivity (Wildman–Crippen MR) is 147 cm³/mol. The molecule has 0 atom stereocenters. The van der Waals surface area contributed by atoms with Crippen molar-refractivity contribution in [3.8, 4) is 17.2 Å². The van der Waals surface area contributed by atoms with Gasteiger partial charge in [0.05, 0.1) is 33.3 Å². The van der Waals surface area contributed by atoms with Gasteiger partial charge in [-0.15, -0.1) is 0 Å². The molecule has 3 aromatic carbocycles. The first-order chi connectivity index (χ1) is 18.3. The Kier molecular flexibility index (Phi) is 7.04. The Balaban J connectivity index is 1.49. The summed E-state index contributed by atoms with van der Waals surface area (Å²) in [6.07, 6.45) is 0.893. The second-order valence-electron chi connectivity index (χ2n) is 9.31. The maximum atomic E-state index is 13.6. The minimum absolute atomic E-state index is 0.00523. The van der Waals surface area contributed by atoms with Gasteiger partial charge in [0.2, 0.25) is 5.91 Å². The van der Waals surface area contributed by atoms with Gasteiger partial charge in [0, 0.05) is 34.8 Å². The molecule has 38 heavy (non-hydrogen) atoms. The highest BCUT2D eigenvalue weighted by Gasteiger charge is 2.26. The van der Waals surface area contributed by atoms with Crippen LogP contribution in [0.2, 0.25) is 5.02 Å². The van der Waals surface area contributed by atoms with E-state index in [0.29, 0.717) is 40.9 Å². The molecule has 1 aliphatic heterocycles. The molecule has 0 bridgehead atoms. The van der Waals surface area contributed by atoms with E-state index in [9.17, 15) is 9.59 Å². The van der Waals surface area contributed by atoms with E-state index in [1.54, 1.807) is 50.2 Å². The average Bonchev–Trinajstić information content (AvgIpc) is 3.21. The molecule has 0 radical (unpaired) electrons. The summed E-state index contributed by atoms with van der Waals surface area (Å²) in [5.74, 6) is 1.81. The highest BCUT2D eigenvalue weighted by molar-refractivity contribution is 6.30. The highest BCUT2D eigenvalue weighted by Crippen LogP contribution is 2.34. The van der Waals surface area contributed by atoms with Gasteiger partial charge in [-0.3, -0.25) is 14.2 Å². The number of ether oxygens (including phenoxy) is 3. The van der Waals surface area contributed by atoms with Crippen LogP contribution in [-0.4, -0.2) is 49.2 Å². The van der Waals surface area contributed by atoms with Crippen molar-refractivity contribution in [1.29, 1.82) is 0 Å². The molecule has 5 rings (SSSR count). The van der Waals surface area contributed by atoms with Crippen molar-refractivity contribution in [1.82, 2.24) is 9.47 Å². The zero-order chi connectivity index (χ0) is 27.0. The van der Waals surface area contributed by atoms with Crippen LogP contribution in [0.15, 0.2) is 54.6 Å². The van der Waals surface area contributed by atoms with Crippen LogP contribution in [0.1, 0.15) is 32.7 Å². The number of nitrogens with zero attached hydrogens (tertiary/aromatic N) is 2. The molecule has 0 saturated carbocycles. The van der Waals surface area contributed by atoms with Gasteiger partial charge in [-0.25, -0.2) is 0 Å². The number of carbonyl (C=O) groups excluding carboxylic acids is 2. The lowest BCUT2D eigenvalue weighted by Crippen LogP contribution is -2.37. The van der Waals surface area contributed by atoms with E-state index in [2.05, 4.69) is 0 Å². The Morgan fingerprint density at radius 1 is 0.895 bits per heavy atom. The van der Waals surface area contributed by atoms with E-state index in [1.165, 1.54) is 0 Å². The third kappa shape index (κ3) is 4.58. The molecule has 1 aromatic heterocycles. The van der Waals surface area contributed by atoms with Gasteiger partial charge >= 0.3 is 0 Å². The van der Waals surface area contributed by atoms with Crippen LogP contribution in [0.25, 0.3) is 10.9 Å². The Hall–Kier alpha value is -3.97. The van der Waals surface area contributed by atoms with E-state index in [4.69, 9.17) is 25.8 Å². The van der Waals surface area contributed by atoms with Crippen LogP contribution in [0.5, 0.6) is 17.2 Å². The maximum absolute atomic E-state index is 13.6. The molecular formula is C30H29ClN2O5. The molecule has 0 N–H and O–H groups in total. The first kappa shape index (κ1) is 25.7. The largest absolute Gasteiger partial charge is 0.497 e.